The topological polar surface area (TPSA) is 104 Å². The summed E-state index contributed by atoms with van der Waals surface area (Å²) in [6.07, 6.45) is 1.69. The fraction of sp³-hybridized carbons (Fsp3) is 0.421. The van der Waals surface area contributed by atoms with Crippen LogP contribution in [-0.2, 0) is 16.1 Å². The van der Waals surface area contributed by atoms with Gasteiger partial charge in [-0.1, -0.05) is 13.3 Å². The first kappa shape index (κ1) is 18.8. The number of carbonyl (C=O) groups excluding carboxylic acids is 1. The van der Waals surface area contributed by atoms with Crippen molar-refractivity contribution in [3.63, 3.8) is 0 Å². The molecule has 1 aromatic carbocycles. The molecule has 1 aromatic heterocycles. The quantitative estimate of drug-likeness (QED) is 0.742. The van der Waals surface area contributed by atoms with E-state index in [0.29, 0.717) is 30.0 Å². The van der Waals surface area contributed by atoms with E-state index >= 15 is 0 Å². The first-order chi connectivity index (χ1) is 13.0. The van der Waals surface area contributed by atoms with Crippen molar-refractivity contribution in [2.45, 2.75) is 45.8 Å². The Bertz CT molecular complexity index is 947. The standard InChI is InChI=1S/C19H21NO7/c1-3-5-6-14(18(22)23)27-19(24)12-9-20(4-2)13-8-16-15(25-10-26-16)7-11(13)17(12)21/h7-9,14H,3-6,10H2,1-2H3,(H,22,23). The average molecular weight is 375 g/mol. The van der Waals surface area contributed by atoms with Crippen LogP contribution >= 0.6 is 0 Å². The number of hydrogen-bond acceptors (Lipinski definition) is 6. The highest BCUT2D eigenvalue weighted by Gasteiger charge is 2.26. The molecule has 144 valence electrons. The van der Waals surface area contributed by atoms with Gasteiger partial charge in [0.15, 0.2) is 17.6 Å². The number of hydrogen-bond donors (Lipinski definition) is 1. The van der Waals surface area contributed by atoms with Crippen LogP contribution in [-0.4, -0.2) is 34.5 Å². The van der Waals surface area contributed by atoms with Gasteiger partial charge in [-0.15, -0.1) is 0 Å². The van der Waals surface area contributed by atoms with E-state index in [4.69, 9.17) is 14.2 Å². The number of nitrogens with zero attached hydrogens (tertiary/aromatic N) is 1. The molecular weight excluding hydrogens is 354 g/mol. The number of fused-ring (bicyclic) bond motifs is 2. The molecule has 0 saturated heterocycles. The van der Waals surface area contributed by atoms with Gasteiger partial charge in [0.2, 0.25) is 12.2 Å². The lowest BCUT2D eigenvalue weighted by Crippen LogP contribution is -2.30. The summed E-state index contributed by atoms with van der Waals surface area (Å²) >= 11 is 0. The number of pyridine rings is 1. The number of ether oxygens (including phenoxy) is 3. The van der Waals surface area contributed by atoms with E-state index in [9.17, 15) is 19.5 Å². The molecule has 0 amide bonds. The molecular formula is C19H21NO7. The maximum absolute atomic E-state index is 12.8. The van der Waals surface area contributed by atoms with Crippen LogP contribution in [0.1, 0.15) is 43.5 Å². The summed E-state index contributed by atoms with van der Waals surface area (Å²) in [5.41, 5.74) is -0.132. The summed E-state index contributed by atoms with van der Waals surface area (Å²) in [4.78, 5) is 36.7. The highest BCUT2D eigenvalue weighted by Crippen LogP contribution is 2.35. The van der Waals surface area contributed by atoms with Crippen molar-refractivity contribution >= 4 is 22.8 Å². The van der Waals surface area contributed by atoms with E-state index in [1.165, 1.54) is 12.3 Å². The zero-order valence-corrected chi connectivity index (χ0v) is 15.2. The number of carboxylic acids is 1. The van der Waals surface area contributed by atoms with Crippen molar-refractivity contribution in [1.82, 2.24) is 4.57 Å². The molecule has 27 heavy (non-hydrogen) atoms. The van der Waals surface area contributed by atoms with Crippen LogP contribution in [0.15, 0.2) is 23.1 Å². The van der Waals surface area contributed by atoms with Gasteiger partial charge in [-0.25, -0.2) is 9.59 Å². The molecule has 0 saturated carbocycles. The molecule has 1 aliphatic heterocycles. The third kappa shape index (κ3) is 3.60. The second-order valence-electron chi connectivity index (χ2n) is 6.25. The maximum atomic E-state index is 12.8. The fourth-order valence-corrected chi connectivity index (χ4v) is 3.00. The number of esters is 1. The summed E-state index contributed by atoms with van der Waals surface area (Å²) < 4.78 is 17.5. The Kier molecular flexibility index (Phi) is 5.34. The highest BCUT2D eigenvalue weighted by atomic mass is 16.7. The Morgan fingerprint density at radius 2 is 1.96 bits per heavy atom. The molecule has 0 spiro atoms. The Morgan fingerprint density at radius 1 is 1.26 bits per heavy atom. The van der Waals surface area contributed by atoms with Gasteiger partial charge in [-0.3, -0.25) is 4.79 Å². The Balaban J connectivity index is 2.02. The van der Waals surface area contributed by atoms with Crippen LogP contribution in [0.3, 0.4) is 0 Å². The van der Waals surface area contributed by atoms with Crippen molar-refractivity contribution in [1.29, 1.82) is 0 Å². The zero-order valence-electron chi connectivity index (χ0n) is 15.2. The second kappa shape index (κ2) is 7.69. The number of aliphatic carboxylic acids is 1. The maximum Gasteiger partial charge on any atom is 0.345 e. The molecule has 0 aliphatic carbocycles. The minimum Gasteiger partial charge on any atom is -0.479 e. The van der Waals surface area contributed by atoms with Crippen LogP contribution in [0.4, 0.5) is 0 Å². The van der Waals surface area contributed by atoms with Gasteiger partial charge in [0.05, 0.1) is 10.9 Å². The molecule has 0 bridgehead atoms. The summed E-state index contributed by atoms with van der Waals surface area (Å²) in [6, 6.07) is 3.23. The molecule has 1 unspecified atom stereocenters. The van der Waals surface area contributed by atoms with E-state index < -0.39 is 23.5 Å². The summed E-state index contributed by atoms with van der Waals surface area (Å²) in [6.45, 7) is 4.34. The SMILES string of the molecule is CCCCC(OC(=O)c1cn(CC)c2cc3c(cc2c1=O)OCO3)C(=O)O. The van der Waals surface area contributed by atoms with Crippen molar-refractivity contribution in [2.75, 3.05) is 6.79 Å². The number of carbonyl (C=O) groups is 2. The van der Waals surface area contributed by atoms with E-state index in [1.807, 2.05) is 13.8 Å². The Hall–Kier alpha value is -3.03. The number of aromatic nitrogens is 1. The fourth-order valence-electron chi connectivity index (χ4n) is 3.00. The largest absolute Gasteiger partial charge is 0.479 e. The minimum absolute atomic E-state index is 0.0680. The van der Waals surface area contributed by atoms with Crippen molar-refractivity contribution in [2.24, 2.45) is 0 Å². The molecule has 8 nitrogen and oxygen atoms in total. The van der Waals surface area contributed by atoms with Gasteiger partial charge >= 0.3 is 11.9 Å². The predicted molar refractivity (Wildman–Crippen MR) is 96.4 cm³/mol. The van der Waals surface area contributed by atoms with Crippen LogP contribution in [0.25, 0.3) is 10.9 Å². The predicted octanol–water partition coefficient (Wildman–Crippen LogP) is 2.55. The molecule has 2 heterocycles. The van der Waals surface area contributed by atoms with Gasteiger partial charge in [0.25, 0.3) is 0 Å². The first-order valence-electron chi connectivity index (χ1n) is 8.86. The van der Waals surface area contributed by atoms with Gasteiger partial charge in [0, 0.05) is 18.8 Å². The number of aryl methyl sites for hydroxylation is 1. The molecule has 1 atom stereocenters. The third-order valence-electron chi connectivity index (χ3n) is 4.48. The van der Waals surface area contributed by atoms with Crippen molar-refractivity contribution in [3.05, 3.63) is 34.1 Å². The lowest BCUT2D eigenvalue weighted by Gasteiger charge is -2.15. The van der Waals surface area contributed by atoms with Gasteiger partial charge in [-0.2, -0.15) is 0 Å². The molecule has 2 aromatic rings. The summed E-state index contributed by atoms with van der Waals surface area (Å²) in [7, 11) is 0. The second-order valence-corrected chi connectivity index (χ2v) is 6.25. The van der Waals surface area contributed by atoms with E-state index in [2.05, 4.69) is 0 Å². The Morgan fingerprint density at radius 3 is 2.59 bits per heavy atom. The van der Waals surface area contributed by atoms with Crippen molar-refractivity contribution < 1.29 is 28.9 Å². The number of rotatable bonds is 7. The molecule has 1 N–H and O–H groups in total. The number of carboxylic acid groups (broad SMARTS) is 1. The average Bonchev–Trinajstić information content (AvgIpc) is 3.11. The normalized spacial score (nSPS) is 13.6. The number of unbranched alkanes of at least 4 members (excludes halogenated alkanes) is 1. The van der Waals surface area contributed by atoms with Crippen LogP contribution < -0.4 is 14.9 Å². The van der Waals surface area contributed by atoms with Gasteiger partial charge in [0.1, 0.15) is 5.56 Å². The molecule has 0 fully saturated rings. The van der Waals surface area contributed by atoms with E-state index in [1.54, 1.807) is 10.6 Å². The van der Waals surface area contributed by atoms with Crippen LogP contribution in [0.5, 0.6) is 11.5 Å². The lowest BCUT2D eigenvalue weighted by molar-refractivity contribution is -0.147. The Labute approximate surface area is 155 Å². The molecule has 8 heteroatoms. The molecule has 0 radical (unpaired) electrons. The lowest BCUT2D eigenvalue weighted by atomic mass is 10.1. The minimum atomic E-state index is -1.28. The van der Waals surface area contributed by atoms with Gasteiger partial charge < -0.3 is 23.9 Å². The monoisotopic (exact) mass is 375 g/mol. The molecule has 3 rings (SSSR count). The first-order valence-corrected chi connectivity index (χ1v) is 8.86. The third-order valence-corrected chi connectivity index (χ3v) is 4.48. The number of benzene rings is 1. The van der Waals surface area contributed by atoms with Crippen LogP contribution in [0.2, 0.25) is 0 Å². The van der Waals surface area contributed by atoms with Gasteiger partial charge in [-0.05, 0) is 25.8 Å². The van der Waals surface area contributed by atoms with Crippen LogP contribution in [0, 0.1) is 0 Å². The summed E-state index contributed by atoms with van der Waals surface area (Å²) in [5, 5.41) is 9.54. The molecule has 1 aliphatic rings. The highest BCUT2D eigenvalue weighted by molar-refractivity contribution is 5.95. The summed E-state index contributed by atoms with van der Waals surface area (Å²) in [5.74, 6) is -1.20. The smallest absolute Gasteiger partial charge is 0.345 e. The van der Waals surface area contributed by atoms with Crippen molar-refractivity contribution in [3.8, 4) is 11.5 Å². The zero-order chi connectivity index (χ0) is 19.6. The van der Waals surface area contributed by atoms with E-state index in [-0.39, 0.29) is 24.2 Å². The van der Waals surface area contributed by atoms with E-state index in [0.717, 1.165) is 6.42 Å².